The van der Waals surface area contributed by atoms with Gasteiger partial charge in [0, 0.05) is 12.1 Å². The van der Waals surface area contributed by atoms with Crippen LogP contribution in [0.25, 0.3) is 0 Å². The number of amides is 2. The van der Waals surface area contributed by atoms with Crippen LogP contribution in [0.1, 0.15) is 26.3 Å². The maximum Gasteiger partial charge on any atom is 0.252 e. The predicted molar refractivity (Wildman–Crippen MR) is 79.1 cm³/mol. The molecule has 2 aromatic rings. The monoisotopic (exact) mass is 284 g/mol. The third-order valence-electron chi connectivity index (χ3n) is 3.07. The Bertz CT molecular complexity index is 668. The highest BCUT2D eigenvalue weighted by Gasteiger charge is 2.14. The van der Waals surface area contributed by atoms with Crippen LogP contribution in [0, 0.1) is 0 Å². The summed E-state index contributed by atoms with van der Waals surface area (Å²) in [4.78, 5) is 23.5. The maximum atomic E-state index is 12.2. The smallest absolute Gasteiger partial charge is 0.252 e. The van der Waals surface area contributed by atoms with Gasteiger partial charge in [-0.1, -0.05) is 30.3 Å². The maximum absolute atomic E-state index is 12.2. The molecule has 0 heterocycles. The lowest BCUT2D eigenvalue weighted by Crippen LogP contribution is -2.26. The lowest BCUT2D eigenvalue weighted by Gasteiger charge is -2.10. The quantitative estimate of drug-likeness (QED) is 0.877. The van der Waals surface area contributed by atoms with Crippen molar-refractivity contribution in [3.05, 3.63) is 65.2 Å². The number of ether oxygens (including phenoxy) is 1. The highest BCUT2D eigenvalue weighted by Crippen LogP contribution is 2.17. The summed E-state index contributed by atoms with van der Waals surface area (Å²) in [6.45, 7) is 0.302. The van der Waals surface area contributed by atoms with E-state index in [-0.39, 0.29) is 17.0 Å². The van der Waals surface area contributed by atoms with Gasteiger partial charge < -0.3 is 15.8 Å². The number of hydrogen-bond acceptors (Lipinski definition) is 3. The summed E-state index contributed by atoms with van der Waals surface area (Å²) in [5.74, 6) is -0.283. The summed E-state index contributed by atoms with van der Waals surface area (Å²) >= 11 is 0. The molecular weight excluding hydrogens is 268 g/mol. The van der Waals surface area contributed by atoms with Gasteiger partial charge in [0.1, 0.15) is 5.75 Å². The third-order valence-corrected chi connectivity index (χ3v) is 3.07. The molecule has 0 aliphatic rings. The molecule has 0 aromatic heterocycles. The van der Waals surface area contributed by atoms with Crippen LogP contribution in [0.4, 0.5) is 0 Å². The Labute approximate surface area is 122 Å². The molecule has 0 unspecified atom stereocenters. The van der Waals surface area contributed by atoms with Crippen LogP contribution in [0.2, 0.25) is 0 Å². The van der Waals surface area contributed by atoms with E-state index >= 15 is 0 Å². The van der Waals surface area contributed by atoms with Crippen molar-refractivity contribution in [2.45, 2.75) is 6.54 Å². The number of rotatable bonds is 5. The fourth-order valence-corrected chi connectivity index (χ4v) is 2.02. The zero-order valence-corrected chi connectivity index (χ0v) is 11.6. The average molecular weight is 284 g/mol. The largest absolute Gasteiger partial charge is 0.496 e. The van der Waals surface area contributed by atoms with E-state index in [4.69, 9.17) is 10.5 Å². The molecule has 3 N–H and O–H groups in total. The highest BCUT2D eigenvalue weighted by molar-refractivity contribution is 6.06. The van der Waals surface area contributed by atoms with Gasteiger partial charge in [-0.25, -0.2) is 0 Å². The van der Waals surface area contributed by atoms with Crippen molar-refractivity contribution in [1.82, 2.24) is 5.32 Å². The fraction of sp³-hybridized carbons (Fsp3) is 0.125. The van der Waals surface area contributed by atoms with Crippen molar-refractivity contribution in [2.24, 2.45) is 5.73 Å². The van der Waals surface area contributed by atoms with Gasteiger partial charge >= 0.3 is 0 Å². The summed E-state index contributed by atoms with van der Waals surface area (Å²) in [5, 5.41) is 2.76. The van der Waals surface area contributed by atoms with E-state index in [0.717, 1.165) is 5.56 Å². The molecule has 0 saturated carbocycles. The van der Waals surface area contributed by atoms with E-state index in [1.807, 2.05) is 24.3 Å². The Kier molecular flexibility index (Phi) is 4.56. The molecule has 0 aliphatic carbocycles. The van der Waals surface area contributed by atoms with Gasteiger partial charge in [0.25, 0.3) is 5.91 Å². The second-order valence-electron chi connectivity index (χ2n) is 4.40. The molecule has 0 bridgehead atoms. The average Bonchev–Trinajstić information content (AvgIpc) is 2.52. The number of carbonyl (C=O) groups is 2. The van der Waals surface area contributed by atoms with Gasteiger partial charge in [-0.15, -0.1) is 0 Å². The second kappa shape index (κ2) is 6.56. The first kappa shape index (κ1) is 14.6. The zero-order valence-electron chi connectivity index (χ0n) is 11.6. The van der Waals surface area contributed by atoms with E-state index in [1.165, 1.54) is 6.07 Å². The minimum Gasteiger partial charge on any atom is -0.496 e. The molecule has 21 heavy (non-hydrogen) atoms. The van der Waals surface area contributed by atoms with Crippen LogP contribution in [0.15, 0.2) is 48.5 Å². The van der Waals surface area contributed by atoms with Crippen molar-refractivity contribution < 1.29 is 14.3 Å². The normalized spacial score (nSPS) is 9.95. The first-order valence-corrected chi connectivity index (χ1v) is 6.42. The first-order valence-electron chi connectivity index (χ1n) is 6.42. The molecule has 0 fully saturated rings. The number of methoxy groups -OCH3 is 1. The van der Waals surface area contributed by atoms with E-state index in [2.05, 4.69) is 5.32 Å². The molecule has 0 radical (unpaired) electrons. The first-order chi connectivity index (χ1) is 10.1. The number of carbonyl (C=O) groups excluding carboxylic acids is 2. The number of benzene rings is 2. The molecule has 0 aliphatic heterocycles. The van der Waals surface area contributed by atoms with Gasteiger partial charge in [0.15, 0.2) is 0 Å². The summed E-state index contributed by atoms with van der Waals surface area (Å²) in [5.41, 5.74) is 6.59. The molecule has 5 nitrogen and oxygen atoms in total. The highest BCUT2D eigenvalue weighted by atomic mass is 16.5. The molecule has 0 saturated heterocycles. The minimum absolute atomic E-state index is 0.204. The summed E-state index contributed by atoms with van der Waals surface area (Å²) in [6.07, 6.45) is 0. The van der Waals surface area contributed by atoms with Gasteiger partial charge in [0.2, 0.25) is 5.91 Å². The molecular formula is C16H16N2O3. The van der Waals surface area contributed by atoms with E-state index in [9.17, 15) is 9.59 Å². The number of nitrogens with one attached hydrogen (secondary N) is 1. The van der Waals surface area contributed by atoms with E-state index < -0.39 is 5.91 Å². The molecule has 2 amide bonds. The third kappa shape index (κ3) is 3.39. The van der Waals surface area contributed by atoms with Crippen LogP contribution >= 0.6 is 0 Å². The second-order valence-corrected chi connectivity index (χ2v) is 4.40. The molecule has 0 spiro atoms. The van der Waals surface area contributed by atoms with Crippen molar-refractivity contribution in [1.29, 1.82) is 0 Å². The Morgan fingerprint density at radius 2 is 1.67 bits per heavy atom. The standard InChI is InChI=1S/C16H16N2O3/c1-21-14-9-5-2-6-11(14)10-18-16(20)13-8-4-3-7-12(13)15(17)19/h2-9H,10H2,1H3,(H2,17,19)(H,18,20). The lowest BCUT2D eigenvalue weighted by atomic mass is 10.1. The van der Waals surface area contributed by atoms with Crippen LogP contribution in [-0.2, 0) is 6.54 Å². The van der Waals surface area contributed by atoms with Gasteiger partial charge in [-0.2, -0.15) is 0 Å². The van der Waals surface area contributed by atoms with E-state index in [0.29, 0.717) is 12.3 Å². The Hall–Kier alpha value is -2.82. The number of hydrogen-bond donors (Lipinski definition) is 2. The van der Waals surface area contributed by atoms with Gasteiger partial charge in [0.05, 0.1) is 18.2 Å². The molecule has 2 rings (SSSR count). The summed E-state index contributed by atoms with van der Waals surface area (Å²) in [7, 11) is 1.57. The van der Waals surface area contributed by atoms with Crippen LogP contribution < -0.4 is 15.8 Å². The topological polar surface area (TPSA) is 81.4 Å². The summed E-state index contributed by atoms with van der Waals surface area (Å²) in [6, 6.07) is 13.8. The SMILES string of the molecule is COc1ccccc1CNC(=O)c1ccccc1C(N)=O. The zero-order chi connectivity index (χ0) is 15.2. The van der Waals surface area contributed by atoms with Gasteiger partial charge in [-0.3, -0.25) is 9.59 Å². The Morgan fingerprint density at radius 3 is 2.33 bits per heavy atom. The lowest BCUT2D eigenvalue weighted by molar-refractivity contribution is 0.0933. The molecule has 2 aromatic carbocycles. The van der Waals surface area contributed by atoms with Gasteiger partial charge in [-0.05, 0) is 18.2 Å². The molecule has 0 atom stereocenters. The van der Waals surface area contributed by atoms with Crippen molar-refractivity contribution in [3.63, 3.8) is 0 Å². The molecule has 108 valence electrons. The van der Waals surface area contributed by atoms with Crippen molar-refractivity contribution >= 4 is 11.8 Å². The van der Waals surface area contributed by atoms with Crippen LogP contribution in [0.3, 0.4) is 0 Å². The number of nitrogens with two attached hydrogens (primary N) is 1. The van der Waals surface area contributed by atoms with Crippen LogP contribution in [0.5, 0.6) is 5.75 Å². The van der Waals surface area contributed by atoms with Crippen molar-refractivity contribution in [2.75, 3.05) is 7.11 Å². The number of primary amides is 1. The van der Waals surface area contributed by atoms with Crippen LogP contribution in [-0.4, -0.2) is 18.9 Å². The Balaban J connectivity index is 2.14. The summed E-state index contributed by atoms with van der Waals surface area (Å²) < 4.78 is 5.22. The Morgan fingerprint density at radius 1 is 1.05 bits per heavy atom. The predicted octanol–water partition coefficient (Wildman–Crippen LogP) is 1.72. The number of para-hydroxylation sites is 1. The fourth-order valence-electron chi connectivity index (χ4n) is 2.02. The van der Waals surface area contributed by atoms with E-state index in [1.54, 1.807) is 25.3 Å². The molecule has 5 heteroatoms. The minimum atomic E-state index is -0.627. The van der Waals surface area contributed by atoms with Crippen molar-refractivity contribution in [3.8, 4) is 5.75 Å².